The number of furan rings is 1. The van der Waals surface area contributed by atoms with E-state index in [0.717, 1.165) is 0 Å². The average Bonchev–Trinajstić information content (AvgIpc) is 3.21. The number of fused-ring (bicyclic) bond motifs is 5. The summed E-state index contributed by atoms with van der Waals surface area (Å²) in [5, 5.41) is 5.64. The third-order valence-corrected chi connectivity index (χ3v) is 4.68. The van der Waals surface area contributed by atoms with Crippen molar-refractivity contribution in [1.29, 1.82) is 0 Å². The van der Waals surface area contributed by atoms with Gasteiger partial charge in [0.25, 0.3) is 0 Å². The van der Waals surface area contributed by atoms with E-state index in [1.807, 2.05) is 12.1 Å². The predicted molar refractivity (Wildman–Crippen MR) is 97.9 cm³/mol. The maximum atomic E-state index is 4.58. The molecule has 0 radical (unpaired) electrons. The summed E-state index contributed by atoms with van der Waals surface area (Å²) in [6.45, 7) is 0. The topological polar surface area (TPSA) is 13.1 Å². The molecule has 24 heavy (non-hydrogen) atoms. The summed E-state index contributed by atoms with van der Waals surface area (Å²) in [5.41, 5.74) is 3.17. The standard InChI is InChI=1S/C18H16.C4H4O.Na.H/c1-3-7-15-13(5-1)9-11-18-16-8-4-2-6-14(16)10-12-17(15)18;1-2-4-5-3-1;;/h1,3,5,7,9-12H,2,4,6,8H2;1-4H;;/q;;+1;-1. The van der Waals surface area contributed by atoms with E-state index in [9.17, 15) is 0 Å². The van der Waals surface area contributed by atoms with Gasteiger partial charge < -0.3 is 5.84 Å². The van der Waals surface area contributed by atoms with Crippen LogP contribution in [0.25, 0.3) is 21.5 Å². The van der Waals surface area contributed by atoms with Crippen molar-refractivity contribution in [2.45, 2.75) is 25.7 Å². The van der Waals surface area contributed by atoms with Gasteiger partial charge in [0.05, 0.1) is 12.5 Å². The van der Waals surface area contributed by atoms with Crippen LogP contribution in [0.1, 0.15) is 25.4 Å². The van der Waals surface area contributed by atoms with Gasteiger partial charge in [0, 0.05) is 0 Å². The molecule has 0 bridgehead atoms. The first-order chi connectivity index (χ1) is 11.4. The summed E-state index contributed by atoms with van der Waals surface area (Å²) in [6.07, 6.45) is 8.47. The maximum Gasteiger partial charge on any atom is 1.00 e. The van der Waals surface area contributed by atoms with E-state index in [1.54, 1.807) is 23.7 Å². The van der Waals surface area contributed by atoms with E-state index in [-0.39, 0.29) is 31.0 Å². The summed E-state index contributed by atoms with van der Waals surface area (Å²) in [4.78, 5) is 0. The van der Waals surface area contributed by atoms with Crippen LogP contribution < -0.4 is 29.6 Å². The first kappa shape index (κ1) is 17.3. The van der Waals surface area contributed by atoms with Crippen LogP contribution in [-0.4, -0.2) is 0 Å². The zero-order valence-electron chi connectivity index (χ0n) is 15.2. The zero-order valence-corrected chi connectivity index (χ0v) is 16.2. The van der Waals surface area contributed by atoms with Crippen molar-refractivity contribution < 1.29 is 35.4 Å². The molecule has 5 rings (SSSR count). The summed E-state index contributed by atoms with van der Waals surface area (Å²) in [5.74, 6) is 0. The summed E-state index contributed by atoms with van der Waals surface area (Å²) in [6, 6.07) is 21.6. The van der Waals surface area contributed by atoms with Crippen LogP contribution >= 0.6 is 0 Å². The van der Waals surface area contributed by atoms with Gasteiger partial charge in [-0.05, 0) is 70.5 Å². The number of rotatable bonds is 0. The normalized spacial score (nSPS) is 12.8. The van der Waals surface area contributed by atoms with E-state index in [0.29, 0.717) is 0 Å². The molecule has 0 N–H and O–H groups in total. The summed E-state index contributed by atoms with van der Waals surface area (Å²) < 4.78 is 4.58. The van der Waals surface area contributed by atoms with E-state index in [2.05, 4.69) is 52.9 Å². The minimum atomic E-state index is 0. The molecule has 0 fully saturated rings. The summed E-state index contributed by atoms with van der Waals surface area (Å²) in [7, 11) is 0. The molecular weight excluding hydrogens is 303 g/mol. The molecule has 3 aromatic carbocycles. The number of benzene rings is 3. The second kappa shape index (κ2) is 8.02. The van der Waals surface area contributed by atoms with Gasteiger partial charge >= 0.3 is 29.6 Å². The van der Waals surface area contributed by atoms with Gasteiger partial charge in [0.1, 0.15) is 0 Å². The third-order valence-electron chi connectivity index (χ3n) is 4.68. The average molecular weight is 324 g/mol. The second-order valence-electron chi connectivity index (χ2n) is 6.09. The Bertz CT molecular complexity index is 914. The fourth-order valence-electron chi connectivity index (χ4n) is 3.57. The quantitative estimate of drug-likeness (QED) is 0.357. The van der Waals surface area contributed by atoms with E-state index in [4.69, 9.17) is 0 Å². The van der Waals surface area contributed by atoms with Crippen LogP contribution in [0, 0.1) is 0 Å². The first-order valence-corrected chi connectivity index (χ1v) is 8.33. The molecule has 0 atom stereocenters. The smallest absolute Gasteiger partial charge is 1.00 e. The fourth-order valence-corrected chi connectivity index (χ4v) is 3.57. The second-order valence-corrected chi connectivity index (χ2v) is 6.09. The van der Waals surface area contributed by atoms with E-state index < -0.39 is 0 Å². The number of hydrogen-bond donors (Lipinski definition) is 0. The Morgan fingerprint density at radius 3 is 2.21 bits per heavy atom. The third kappa shape index (κ3) is 3.44. The first-order valence-electron chi connectivity index (χ1n) is 8.33. The van der Waals surface area contributed by atoms with Crippen molar-refractivity contribution in [2.24, 2.45) is 0 Å². The van der Waals surface area contributed by atoms with Gasteiger partial charge in [-0.25, -0.2) is 0 Å². The minimum Gasteiger partial charge on any atom is -1.00 e. The molecule has 0 saturated heterocycles. The molecular formula is C22H21NaO. The van der Waals surface area contributed by atoms with Gasteiger partial charge in [-0.3, -0.25) is 0 Å². The SMILES string of the molecule is [H-].[Na+].c1ccc2c(c1)ccc1c3c(ccc12)CCCC3.c1ccoc1. The molecule has 4 aromatic rings. The molecule has 1 aromatic heterocycles. The van der Waals surface area contributed by atoms with Crippen molar-refractivity contribution >= 4 is 21.5 Å². The largest absolute Gasteiger partial charge is 1.00 e. The molecule has 0 saturated carbocycles. The number of aryl methyl sites for hydroxylation is 2. The number of hydrogen-bond acceptors (Lipinski definition) is 1. The van der Waals surface area contributed by atoms with Crippen LogP contribution in [0.15, 0.2) is 77.6 Å². The van der Waals surface area contributed by atoms with Crippen molar-refractivity contribution in [2.75, 3.05) is 0 Å². The Morgan fingerprint density at radius 1 is 0.667 bits per heavy atom. The monoisotopic (exact) mass is 324 g/mol. The zero-order chi connectivity index (χ0) is 15.5. The molecule has 0 unspecified atom stereocenters. The van der Waals surface area contributed by atoms with Gasteiger partial charge in [-0.15, -0.1) is 0 Å². The van der Waals surface area contributed by atoms with Crippen molar-refractivity contribution in [3.63, 3.8) is 0 Å². The molecule has 0 spiro atoms. The van der Waals surface area contributed by atoms with Crippen LogP contribution in [0.2, 0.25) is 0 Å². The van der Waals surface area contributed by atoms with E-state index >= 15 is 0 Å². The van der Waals surface area contributed by atoms with Crippen LogP contribution in [0.5, 0.6) is 0 Å². The Morgan fingerprint density at radius 2 is 1.42 bits per heavy atom. The van der Waals surface area contributed by atoms with Gasteiger partial charge in [0.15, 0.2) is 0 Å². The fraction of sp³-hybridized carbons (Fsp3) is 0.182. The van der Waals surface area contributed by atoms with E-state index in [1.165, 1.54) is 47.2 Å². The molecule has 1 heterocycles. The molecule has 2 heteroatoms. The minimum absolute atomic E-state index is 0. The van der Waals surface area contributed by atoms with Crippen molar-refractivity contribution in [3.8, 4) is 0 Å². The van der Waals surface area contributed by atoms with Gasteiger partial charge in [-0.1, -0.05) is 48.5 Å². The maximum absolute atomic E-state index is 4.58. The molecule has 0 aliphatic heterocycles. The predicted octanol–water partition coefficient (Wildman–Crippen LogP) is 3.27. The Balaban J connectivity index is 0.000000282. The molecule has 116 valence electrons. The van der Waals surface area contributed by atoms with Crippen LogP contribution in [0.3, 0.4) is 0 Å². The van der Waals surface area contributed by atoms with Gasteiger partial charge in [0.2, 0.25) is 0 Å². The molecule has 0 amide bonds. The van der Waals surface area contributed by atoms with Crippen molar-refractivity contribution in [1.82, 2.24) is 0 Å². The Hall–Kier alpha value is -1.54. The van der Waals surface area contributed by atoms with Crippen LogP contribution in [-0.2, 0) is 12.8 Å². The summed E-state index contributed by atoms with van der Waals surface area (Å²) >= 11 is 0. The molecule has 1 aliphatic rings. The van der Waals surface area contributed by atoms with Crippen molar-refractivity contribution in [3.05, 3.63) is 84.3 Å². The van der Waals surface area contributed by atoms with Gasteiger partial charge in [-0.2, -0.15) is 0 Å². The Kier molecular flexibility index (Phi) is 5.78. The molecule has 1 aliphatic carbocycles. The van der Waals surface area contributed by atoms with Crippen LogP contribution in [0.4, 0.5) is 0 Å². The Labute approximate surface area is 166 Å². The molecule has 1 nitrogen and oxygen atoms in total.